The summed E-state index contributed by atoms with van der Waals surface area (Å²) in [7, 11) is 0. The number of carbonyl (C=O) groups is 5. The Balaban J connectivity index is 0.000000591. The van der Waals surface area contributed by atoms with Gasteiger partial charge in [0, 0.05) is 34.7 Å². The number of hydrogen-bond donors (Lipinski definition) is 5. The van der Waals surface area contributed by atoms with Crippen molar-refractivity contribution in [2.75, 3.05) is 19.7 Å². The van der Waals surface area contributed by atoms with Gasteiger partial charge in [0.25, 0.3) is 11.5 Å². The van der Waals surface area contributed by atoms with Gasteiger partial charge in [0.1, 0.15) is 0 Å². The molecule has 2 aliphatic rings. The Kier molecular flexibility index (Phi) is 10.0. The molecule has 45 heavy (non-hydrogen) atoms. The number of benzene rings is 2. The highest BCUT2D eigenvalue weighted by atomic mass is 32.1. The molecular weight excluding hydrogens is 625 g/mol. The average molecular weight is 651 g/mol. The number of alkyl halides is 3. The molecule has 1 amide bonds. The van der Waals surface area contributed by atoms with E-state index < -0.39 is 42.1 Å². The van der Waals surface area contributed by atoms with Gasteiger partial charge >= 0.3 is 24.1 Å². The first-order valence-corrected chi connectivity index (χ1v) is 14.0. The van der Waals surface area contributed by atoms with Gasteiger partial charge in [-0.05, 0) is 29.5 Å². The van der Waals surface area contributed by atoms with Gasteiger partial charge in [-0.15, -0.1) is 11.3 Å². The van der Waals surface area contributed by atoms with Gasteiger partial charge in [0.2, 0.25) is 0 Å². The quantitative estimate of drug-likeness (QED) is 0.117. The largest absolute Gasteiger partial charge is 0.490 e. The first-order chi connectivity index (χ1) is 21.3. The molecule has 0 saturated heterocycles. The molecule has 0 saturated carbocycles. The summed E-state index contributed by atoms with van der Waals surface area (Å²) < 4.78 is 31.7. The topological polar surface area (TPSA) is 189 Å². The number of halogens is 3. The molecule has 2 aromatic carbocycles. The number of fused-ring (bicyclic) bond motifs is 2. The summed E-state index contributed by atoms with van der Waals surface area (Å²) in [6.07, 6.45) is -3.67. The fourth-order valence-electron chi connectivity index (χ4n) is 4.77. The lowest BCUT2D eigenvalue weighted by Gasteiger charge is -2.15. The van der Waals surface area contributed by atoms with E-state index in [0.29, 0.717) is 17.8 Å². The van der Waals surface area contributed by atoms with Crippen molar-refractivity contribution in [1.29, 1.82) is 0 Å². The number of carboxylic acid groups (broad SMARTS) is 3. The molecule has 0 spiro atoms. The molecule has 0 fully saturated rings. The number of aliphatic carboxylic acids is 3. The van der Waals surface area contributed by atoms with Crippen LogP contribution in [0, 0.1) is 0 Å². The highest BCUT2D eigenvalue weighted by molar-refractivity contribution is 7.14. The number of thiophene rings is 1. The molecule has 1 atom stereocenters. The zero-order chi connectivity index (χ0) is 32.9. The van der Waals surface area contributed by atoms with Crippen LogP contribution in [0.2, 0.25) is 0 Å². The molecule has 3 aromatic rings. The zero-order valence-corrected chi connectivity index (χ0v) is 23.9. The molecule has 1 unspecified atom stereocenters. The predicted molar refractivity (Wildman–Crippen MR) is 149 cm³/mol. The standard InChI is InChI=1S/C27H24N2O8S.C2HF3O2/c30-20(16-7-4-8-19-23(16)27(19,26(34)35)37-36-14-22(31)32)13-29-25(33)24-17(11-15-5-2-1-3-6-15)18-12-28-10-9-21(18)38-24;3-2(4,5)1(6)7/h1-8,28H,9-14H2,(H,29,33)(H,31,32)(H,34,35);(H,6,7). The van der Waals surface area contributed by atoms with Crippen molar-refractivity contribution < 1.29 is 62.2 Å². The molecule has 238 valence electrons. The molecule has 12 nitrogen and oxygen atoms in total. The van der Waals surface area contributed by atoms with Crippen LogP contribution in [0.1, 0.15) is 52.7 Å². The Morgan fingerprint density at radius 1 is 1.00 bits per heavy atom. The van der Waals surface area contributed by atoms with Crippen LogP contribution in [0.15, 0.2) is 48.5 Å². The maximum Gasteiger partial charge on any atom is 0.490 e. The molecule has 1 aliphatic carbocycles. The maximum absolute atomic E-state index is 13.3. The Morgan fingerprint density at radius 2 is 1.69 bits per heavy atom. The summed E-state index contributed by atoms with van der Waals surface area (Å²) in [6.45, 7) is 0.290. The summed E-state index contributed by atoms with van der Waals surface area (Å²) in [5, 5.41) is 31.7. The minimum absolute atomic E-state index is 0.0586. The van der Waals surface area contributed by atoms with Gasteiger partial charge in [-0.25, -0.2) is 24.2 Å². The third-order valence-electron chi connectivity index (χ3n) is 6.81. The van der Waals surface area contributed by atoms with Crippen LogP contribution in [0.3, 0.4) is 0 Å². The highest BCUT2D eigenvalue weighted by Crippen LogP contribution is 2.53. The van der Waals surface area contributed by atoms with E-state index in [1.165, 1.54) is 29.5 Å². The van der Waals surface area contributed by atoms with Gasteiger partial charge in [0.15, 0.2) is 12.4 Å². The van der Waals surface area contributed by atoms with E-state index >= 15 is 0 Å². The van der Waals surface area contributed by atoms with Crippen LogP contribution in [0.4, 0.5) is 13.2 Å². The van der Waals surface area contributed by atoms with E-state index in [1.807, 2.05) is 30.3 Å². The second-order valence-electron chi connectivity index (χ2n) is 9.76. The molecule has 1 aliphatic heterocycles. The van der Waals surface area contributed by atoms with Crippen molar-refractivity contribution in [2.24, 2.45) is 0 Å². The van der Waals surface area contributed by atoms with E-state index in [0.717, 1.165) is 34.5 Å². The molecule has 0 bridgehead atoms. The van der Waals surface area contributed by atoms with E-state index in [2.05, 4.69) is 15.5 Å². The normalized spacial score (nSPS) is 16.3. The van der Waals surface area contributed by atoms with Crippen molar-refractivity contribution in [3.63, 3.8) is 0 Å². The molecular formula is C29H25F3N2O10S. The first-order valence-electron chi connectivity index (χ1n) is 13.2. The fourth-order valence-corrected chi connectivity index (χ4v) is 6.02. The summed E-state index contributed by atoms with van der Waals surface area (Å²) in [6, 6.07) is 14.2. The number of amides is 1. The average Bonchev–Trinajstić information content (AvgIpc) is 3.53. The van der Waals surface area contributed by atoms with E-state index in [1.54, 1.807) is 0 Å². The van der Waals surface area contributed by atoms with Gasteiger partial charge < -0.3 is 26.0 Å². The van der Waals surface area contributed by atoms with Crippen LogP contribution in [0.25, 0.3) is 0 Å². The lowest BCUT2D eigenvalue weighted by atomic mass is 9.97. The molecule has 1 aromatic heterocycles. The molecule has 5 rings (SSSR count). The summed E-state index contributed by atoms with van der Waals surface area (Å²) >= 11 is 1.44. The van der Waals surface area contributed by atoms with Crippen molar-refractivity contribution in [2.45, 2.75) is 31.2 Å². The van der Waals surface area contributed by atoms with Gasteiger partial charge in [-0.1, -0.05) is 48.5 Å². The van der Waals surface area contributed by atoms with E-state index in [-0.39, 0.29) is 29.1 Å². The zero-order valence-electron chi connectivity index (χ0n) is 23.1. The van der Waals surface area contributed by atoms with Crippen LogP contribution in [-0.4, -0.2) is 70.8 Å². The second-order valence-corrected chi connectivity index (χ2v) is 10.9. The number of Topliss-reactive ketones (excluding diaryl/α,β-unsaturated/α-hetero) is 1. The Labute approximate surface area is 256 Å². The lowest BCUT2D eigenvalue weighted by molar-refractivity contribution is -0.333. The number of nitrogens with one attached hydrogen (secondary N) is 2. The Bertz CT molecular complexity index is 1640. The smallest absolute Gasteiger partial charge is 0.479 e. The minimum atomic E-state index is -5.08. The molecule has 16 heteroatoms. The predicted octanol–water partition coefficient (Wildman–Crippen LogP) is 2.91. The summed E-state index contributed by atoms with van der Waals surface area (Å²) in [5.41, 5.74) is 1.41. The molecule has 0 radical (unpaired) electrons. The van der Waals surface area contributed by atoms with E-state index in [4.69, 9.17) is 19.9 Å². The maximum atomic E-state index is 13.3. The van der Waals surface area contributed by atoms with Crippen LogP contribution >= 0.6 is 11.3 Å². The Hall–Kier alpha value is -4.64. The minimum Gasteiger partial charge on any atom is -0.479 e. The SMILES string of the molecule is O=C(O)C(F)(F)F.O=C(O)COOC1(C(=O)O)c2cccc(C(=O)CNC(=O)c3sc4c(c3Cc3ccccc3)CNCC4)c21. The van der Waals surface area contributed by atoms with Crippen LogP contribution in [-0.2, 0) is 49.1 Å². The second kappa shape index (κ2) is 13.6. The number of carboxylic acids is 3. The molecule has 5 N–H and O–H groups in total. The number of hydrogen-bond acceptors (Lipinski definition) is 9. The molecule has 2 heterocycles. The van der Waals surface area contributed by atoms with Crippen molar-refractivity contribution in [1.82, 2.24) is 10.6 Å². The third-order valence-corrected chi connectivity index (χ3v) is 8.15. The number of ketones is 1. The van der Waals surface area contributed by atoms with Gasteiger partial charge in [0.05, 0.1) is 11.4 Å². The van der Waals surface area contributed by atoms with E-state index in [9.17, 15) is 37.5 Å². The fraction of sp³-hybridized carbons (Fsp3) is 0.276. The van der Waals surface area contributed by atoms with Crippen molar-refractivity contribution in [3.8, 4) is 0 Å². The monoisotopic (exact) mass is 650 g/mol. The van der Waals surface area contributed by atoms with Gasteiger partial charge in [-0.2, -0.15) is 13.2 Å². The van der Waals surface area contributed by atoms with Gasteiger partial charge in [-0.3, -0.25) is 9.59 Å². The lowest BCUT2D eigenvalue weighted by Crippen LogP contribution is -2.31. The highest BCUT2D eigenvalue weighted by Gasteiger charge is 2.63. The summed E-state index contributed by atoms with van der Waals surface area (Å²) in [5.74, 6) is -6.41. The van der Waals surface area contributed by atoms with Crippen molar-refractivity contribution in [3.05, 3.63) is 91.7 Å². The first kappa shape index (κ1) is 33.3. The van der Waals surface area contributed by atoms with Crippen LogP contribution in [0.5, 0.6) is 0 Å². The number of carbonyl (C=O) groups excluding carboxylic acids is 2. The number of rotatable bonds is 11. The Morgan fingerprint density at radius 3 is 2.31 bits per heavy atom. The summed E-state index contributed by atoms with van der Waals surface area (Å²) in [4.78, 5) is 69.3. The third kappa shape index (κ3) is 7.37. The van der Waals surface area contributed by atoms with Crippen molar-refractivity contribution >= 4 is 40.9 Å². The van der Waals surface area contributed by atoms with Crippen LogP contribution < -0.4 is 10.6 Å².